The van der Waals surface area contributed by atoms with Crippen molar-refractivity contribution >= 4 is 16.8 Å². The molecule has 0 atom stereocenters. The minimum atomic E-state index is 0.00217. The molecule has 1 aliphatic rings. The van der Waals surface area contributed by atoms with E-state index in [-0.39, 0.29) is 11.4 Å². The van der Waals surface area contributed by atoms with Crippen LogP contribution in [0.1, 0.15) is 36.8 Å². The number of allylic oxidation sites excluding steroid dienone is 1. The Labute approximate surface area is 172 Å². The molecule has 0 unspecified atom stereocenters. The Kier molecular flexibility index (Phi) is 5.54. The van der Waals surface area contributed by atoms with Crippen LogP contribution in [0, 0.1) is 0 Å². The number of nitrogens with zero attached hydrogens (tertiary/aromatic N) is 1. The Hall–Kier alpha value is -2.85. The molecule has 0 saturated heterocycles. The first-order valence-corrected chi connectivity index (χ1v) is 10.3. The molecule has 0 bridgehead atoms. The summed E-state index contributed by atoms with van der Waals surface area (Å²) in [5.41, 5.74) is 4.89. The maximum absolute atomic E-state index is 12.5. The van der Waals surface area contributed by atoms with E-state index in [1.807, 2.05) is 30.5 Å². The molecule has 1 amide bonds. The number of fused-ring (bicyclic) bond motifs is 1. The van der Waals surface area contributed by atoms with Crippen LogP contribution in [-0.4, -0.2) is 29.9 Å². The first kappa shape index (κ1) is 19.5. The van der Waals surface area contributed by atoms with Crippen molar-refractivity contribution in [2.24, 2.45) is 0 Å². The van der Waals surface area contributed by atoms with Crippen LogP contribution in [0.15, 0.2) is 72.4 Å². The fraction of sp³-hybridized carbons (Fsp3) is 0.320. The third kappa shape index (κ3) is 3.99. The molecule has 4 heteroatoms. The van der Waals surface area contributed by atoms with Crippen molar-refractivity contribution in [1.29, 1.82) is 0 Å². The number of benzene rings is 2. The number of rotatable bonds is 5. The number of nitrogens with one attached hydrogen (secondary N) is 2. The summed E-state index contributed by atoms with van der Waals surface area (Å²) in [6, 6.07) is 18.9. The monoisotopic (exact) mass is 387 g/mol. The molecule has 4 rings (SSSR count). The van der Waals surface area contributed by atoms with E-state index >= 15 is 0 Å². The highest BCUT2D eigenvalue weighted by molar-refractivity contribution is 5.89. The summed E-state index contributed by atoms with van der Waals surface area (Å²) < 4.78 is 0. The predicted octanol–water partition coefficient (Wildman–Crippen LogP) is 4.74. The first-order valence-electron chi connectivity index (χ1n) is 10.3. The molecule has 29 heavy (non-hydrogen) atoms. The number of hydrogen-bond acceptors (Lipinski definition) is 2. The van der Waals surface area contributed by atoms with Crippen molar-refractivity contribution in [3.8, 4) is 0 Å². The lowest BCUT2D eigenvalue weighted by Gasteiger charge is -2.44. The fourth-order valence-electron chi connectivity index (χ4n) is 4.57. The van der Waals surface area contributed by atoms with Crippen molar-refractivity contribution < 1.29 is 4.79 Å². The summed E-state index contributed by atoms with van der Waals surface area (Å²) in [4.78, 5) is 18.1. The van der Waals surface area contributed by atoms with Gasteiger partial charge in [-0.15, -0.1) is 0 Å². The zero-order valence-electron chi connectivity index (χ0n) is 17.2. The molecule has 2 aromatic carbocycles. The number of aromatic nitrogens is 1. The summed E-state index contributed by atoms with van der Waals surface area (Å²) in [6.45, 7) is 0.540. The van der Waals surface area contributed by atoms with Crippen molar-refractivity contribution in [2.45, 2.75) is 37.8 Å². The SMILES string of the molecule is CN(C)C1(c2ccccc2)CCC(=CC(=O)NCc2c[nH]c3ccccc23)CC1. The van der Waals surface area contributed by atoms with Crippen molar-refractivity contribution in [2.75, 3.05) is 14.1 Å². The zero-order valence-corrected chi connectivity index (χ0v) is 17.2. The Morgan fingerprint density at radius 3 is 2.48 bits per heavy atom. The van der Waals surface area contributed by atoms with Crippen LogP contribution in [-0.2, 0) is 16.9 Å². The smallest absolute Gasteiger partial charge is 0.244 e. The van der Waals surface area contributed by atoms with Gasteiger partial charge < -0.3 is 10.3 Å². The molecule has 3 aromatic rings. The van der Waals surface area contributed by atoms with E-state index in [4.69, 9.17) is 0 Å². The van der Waals surface area contributed by atoms with Crippen LogP contribution < -0.4 is 5.32 Å². The standard InChI is InChI=1S/C25H29N3O/c1-28(2)25(21-8-4-3-5-9-21)14-12-19(13-15-25)16-24(29)27-18-20-17-26-23-11-7-6-10-22(20)23/h3-11,16-17,26H,12-15,18H2,1-2H3,(H,27,29). The van der Waals surface area contributed by atoms with E-state index in [9.17, 15) is 4.79 Å². The van der Waals surface area contributed by atoms with Gasteiger partial charge in [0.1, 0.15) is 0 Å². The van der Waals surface area contributed by atoms with E-state index in [0.29, 0.717) is 6.54 Å². The normalized spacial score (nSPS) is 19.5. The number of carbonyl (C=O) groups excluding carboxylic acids is 1. The van der Waals surface area contributed by atoms with Gasteiger partial charge in [0.25, 0.3) is 0 Å². The molecule has 150 valence electrons. The minimum absolute atomic E-state index is 0.00217. The van der Waals surface area contributed by atoms with Gasteiger partial charge in [0, 0.05) is 35.3 Å². The quantitative estimate of drug-likeness (QED) is 0.621. The molecule has 1 saturated carbocycles. The lowest BCUT2D eigenvalue weighted by atomic mass is 9.74. The van der Waals surface area contributed by atoms with Gasteiger partial charge in [-0.1, -0.05) is 54.1 Å². The Bertz CT molecular complexity index is 1010. The highest BCUT2D eigenvalue weighted by Crippen LogP contribution is 2.42. The number of carbonyl (C=O) groups is 1. The van der Waals surface area contributed by atoms with Crippen LogP contribution in [0.3, 0.4) is 0 Å². The molecule has 1 heterocycles. The zero-order chi connectivity index (χ0) is 20.3. The summed E-state index contributed by atoms with van der Waals surface area (Å²) in [6.07, 6.45) is 7.77. The molecular weight excluding hydrogens is 358 g/mol. The fourth-order valence-corrected chi connectivity index (χ4v) is 4.57. The Morgan fingerprint density at radius 2 is 1.76 bits per heavy atom. The summed E-state index contributed by atoms with van der Waals surface area (Å²) >= 11 is 0. The second-order valence-corrected chi connectivity index (χ2v) is 8.17. The van der Waals surface area contributed by atoms with E-state index in [2.05, 4.69) is 65.7 Å². The van der Waals surface area contributed by atoms with Crippen LogP contribution in [0.2, 0.25) is 0 Å². The Morgan fingerprint density at radius 1 is 1.07 bits per heavy atom. The Balaban J connectivity index is 1.39. The van der Waals surface area contributed by atoms with Crippen LogP contribution in [0.25, 0.3) is 10.9 Å². The highest BCUT2D eigenvalue weighted by Gasteiger charge is 2.37. The van der Waals surface area contributed by atoms with Crippen LogP contribution in [0.4, 0.5) is 0 Å². The number of aromatic amines is 1. The molecule has 0 radical (unpaired) electrons. The molecule has 2 N–H and O–H groups in total. The molecule has 1 fully saturated rings. The second kappa shape index (κ2) is 8.26. The van der Waals surface area contributed by atoms with Crippen LogP contribution >= 0.6 is 0 Å². The average molecular weight is 388 g/mol. The number of hydrogen-bond donors (Lipinski definition) is 2. The summed E-state index contributed by atoms with van der Waals surface area (Å²) in [7, 11) is 4.32. The van der Waals surface area contributed by atoms with E-state index in [0.717, 1.165) is 42.1 Å². The van der Waals surface area contributed by atoms with Gasteiger partial charge in [-0.3, -0.25) is 9.69 Å². The summed E-state index contributed by atoms with van der Waals surface area (Å²) in [5, 5.41) is 4.22. The maximum atomic E-state index is 12.5. The minimum Gasteiger partial charge on any atom is -0.361 e. The molecule has 1 aromatic heterocycles. The molecule has 1 aliphatic carbocycles. The van der Waals surface area contributed by atoms with Gasteiger partial charge in [-0.25, -0.2) is 0 Å². The van der Waals surface area contributed by atoms with E-state index in [1.165, 1.54) is 11.1 Å². The third-order valence-corrected chi connectivity index (χ3v) is 6.35. The molecular formula is C25H29N3O. The van der Waals surface area contributed by atoms with Crippen molar-refractivity contribution in [1.82, 2.24) is 15.2 Å². The van der Waals surface area contributed by atoms with Gasteiger partial charge in [0.15, 0.2) is 0 Å². The second-order valence-electron chi connectivity index (χ2n) is 8.17. The molecule has 0 spiro atoms. The number of amides is 1. The van der Waals surface area contributed by atoms with Crippen LogP contribution in [0.5, 0.6) is 0 Å². The predicted molar refractivity (Wildman–Crippen MR) is 119 cm³/mol. The van der Waals surface area contributed by atoms with Gasteiger partial charge in [-0.2, -0.15) is 0 Å². The van der Waals surface area contributed by atoms with Gasteiger partial charge in [-0.05, 0) is 57.0 Å². The maximum Gasteiger partial charge on any atom is 0.244 e. The summed E-state index contributed by atoms with van der Waals surface area (Å²) in [5.74, 6) is 0.00217. The van der Waals surface area contributed by atoms with Gasteiger partial charge >= 0.3 is 0 Å². The van der Waals surface area contributed by atoms with Crippen molar-refractivity contribution in [3.05, 3.63) is 83.6 Å². The first-order chi connectivity index (χ1) is 14.1. The lowest BCUT2D eigenvalue weighted by Crippen LogP contribution is -2.43. The van der Waals surface area contributed by atoms with Gasteiger partial charge in [0.2, 0.25) is 5.91 Å². The third-order valence-electron chi connectivity index (χ3n) is 6.35. The van der Waals surface area contributed by atoms with Gasteiger partial charge in [0.05, 0.1) is 0 Å². The largest absolute Gasteiger partial charge is 0.361 e. The van der Waals surface area contributed by atoms with Crippen molar-refractivity contribution in [3.63, 3.8) is 0 Å². The molecule has 0 aliphatic heterocycles. The van der Waals surface area contributed by atoms with E-state index in [1.54, 1.807) is 0 Å². The van der Waals surface area contributed by atoms with E-state index < -0.39 is 0 Å². The number of para-hydroxylation sites is 1. The number of H-pyrrole nitrogens is 1. The average Bonchev–Trinajstić information content (AvgIpc) is 3.16. The highest BCUT2D eigenvalue weighted by atomic mass is 16.1. The molecule has 4 nitrogen and oxygen atoms in total. The lowest BCUT2D eigenvalue weighted by molar-refractivity contribution is -0.116. The topological polar surface area (TPSA) is 48.1 Å².